The fourth-order valence-corrected chi connectivity index (χ4v) is 1.53. The van der Waals surface area contributed by atoms with Gasteiger partial charge in [-0.3, -0.25) is 0 Å². The molecule has 0 heteroatoms. The number of hydrogen-bond acceptors (Lipinski definition) is 0. The SMILES string of the molecule is CCC=C(CC)CC=CCCCCC. The van der Waals surface area contributed by atoms with Gasteiger partial charge in [-0.05, 0) is 32.1 Å². The number of allylic oxidation sites excluding steroid dienone is 4. The van der Waals surface area contributed by atoms with Crippen LogP contribution in [0.3, 0.4) is 0 Å². The zero-order valence-electron chi connectivity index (χ0n) is 10.2. The lowest BCUT2D eigenvalue weighted by molar-refractivity contribution is 0.728. The lowest BCUT2D eigenvalue weighted by Crippen LogP contribution is -1.78. The molecule has 0 aromatic carbocycles. The summed E-state index contributed by atoms with van der Waals surface area (Å²) >= 11 is 0. The van der Waals surface area contributed by atoms with Crippen molar-refractivity contribution in [3.63, 3.8) is 0 Å². The van der Waals surface area contributed by atoms with Crippen LogP contribution in [0.2, 0.25) is 0 Å². The van der Waals surface area contributed by atoms with E-state index < -0.39 is 0 Å². The third kappa shape index (κ3) is 8.10. The molecule has 0 bridgehead atoms. The van der Waals surface area contributed by atoms with Crippen molar-refractivity contribution >= 4 is 0 Å². The Kier molecular flexibility index (Phi) is 10.2. The number of hydrogen-bond donors (Lipinski definition) is 0. The van der Waals surface area contributed by atoms with Gasteiger partial charge >= 0.3 is 0 Å². The Balaban J connectivity index is 3.53. The largest absolute Gasteiger partial charge is 0.0882 e. The Bertz CT molecular complexity index is 163. The molecule has 0 spiro atoms. The second-order valence-electron chi connectivity index (χ2n) is 3.80. The van der Waals surface area contributed by atoms with Gasteiger partial charge in [-0.2, -0.15) is 0 Å². The van der Waals surface area contributed by atoms with Crippen LogP contribution >= 0.6 is 0 Å². The summed E-state index contributed by atoms with van der Waals surface area (Å²) in [5.74, 6) is 0. The predicted molar refractivity (Wildman–Crippen MR) is 66.6 cm³/mol. The van der Waals surface area contributed by atoms with E-state index in [4.69, 9.17) is 0 Å². The minimum Gasteiger partial charge on any atom is -0.0882 e. The van der Waals surface area contributed by atoms with E-state index in [1.165, 1.54) is 38.5 Å². The lowest BCUT2D eigenvalue weighted by atomic mass is 10.1. The Morgan fingerprint density at radius 3 is 2.36 bits per heavy atom. The molecule has 0 nitrogen and oxygen atoms in total. The van der Waals surface area contributed by atoms with Gasteiger partial charge in [0, 0.05) is 0 Å². The van der Waals surface area contributed by atoms with Crippen LogP contribution in [-0.4, -0.2) is 0 Å². The molecule has 0 radical (unpaired) electrons. The molecule has 0 atom stereocenters. The predicted octanol–water partition coefficient (Wildman–Crippen LogP) is 5.26. The van der Waals surface area contributed by atoms with Crippen LogP contribution in [0.5, 0.6) is 0 Å². The first kappa shape index (κ1) is 13.5. The van der Waals surface area contributed by atoms with E-state index in [0.717, 1.165) is 6.42 Å². The van der Waals surface area contributed by atoms with E-state index >= 15 is 0 Å². The Morgan fingerprint density at radius 2 is 1.79 bits per heavy atom. The van der Waals surface area contributed by atoms with E-state index in [2.05, 4.69) is 39.0 Å². The first-order chi connectivity index (χ1) is 6.85. The fraction of sp³-hybridized carbons (Fsp3) is 0.714. The van der Waals surface area contributed by atoms with Crippen molar-refractivity contribution < 1.29 is 0 Å². The molecular formula is C14H26. The fourth-order valence-electron chi connectivity index (χ4n) is 1.53. The van der Waals surface area contributed by atoms with E-state index in [-0.39, 0.29) is 0 Å². The summed E-state index contributed by atoms with van der Waals surface area (Å²) in [5.41, 5.74) is 1.58. The molecule has 0 aromatic heterocycles. The van der Waals surface area contributed by atoms with Crippen molar-refractivity contribution in [3.05, 3.63) is 23.8 Å². The zero-order chi connectivity index (χ0) is 10.6. The van der Waals surface area contributed by atoms with Gasteiger partial charge in [0.25, 0.3) is 0 Å². The summed E-state index contributed by atoms with van der Waals surface area (Å²) in [5, 5.41) is 0. The summed E-state index contributed by atoms with van der Waals surface area (Å²) in [6.07, 6.45) is 15.9. The smallest absolute Gasteiger partial charge is 0.0139 e. The topological polar surface area (TPSA) is 0 Å². The van der Waals surface area contributed by atoms with Crippen LogP contribution in [0, 0.1) is 0 Å². The van der Waals surface area contributed by atoms with Crippen LogP contribution in [0.4, 0.5) is 0 Å². The summed E-state index contributed by atoms with van der Waals surface area (Å²) in [4.78, 5) is 0. The van der Waals surface area contributed by atoms with E-state index in [9.17, 15) is 0 Å². The highest BCUT2D eigenvalue weighted by Crippen LogP contribution is 2.09. The second kappa shape index (κ2) is 10.6. The van der Waals surface area contributed by atoms with E-state index in [0.29, 0.717) is 0 Å². The summed E-state index contributed by atoms with van der Waals surface area (Å²) in [6, 6.07) is 0. The molecule has 0 heterocycles. The van der Waals surface area contributed by atoms with Crippen molar-refractivity contribution in [2.75, 3.05) is 0 Å². The molecule has 0 aliphatic heterocycles. The highest BCUT2D eigenvalue weighted by Gasteiger charge is 1.89. The third-order valence-corrected chi connectivity index (χ3v) is 2.47. The summed E-state index contributed by atoms with van der Waals surface area (Å²) in [6.45, 7) is 6.70. The number of unbranched alkanes of at least 4 members (excludes halogenated alkanes) is 3. The molecule has 0 aliphatic rings. The zero-order valence-corrected chi connectivity index (χ0v) is 10.2. The van der Waals surface area contributed by atoms with Crippen molar-refractivity contribution in [2.24, 2.45) is 0 Å². The first-order valence-electron chi connectivity index (χ1n) is 6.18. The molecule has 0 unspecified atom stereocenters. The second-order valence-corrected chi connectivity index (χ2v) is 3.80. The highest BCUT2D eigenvalue weighted by atomic mass is 14.0. The van der Waals surface area contributed by atoms with Gasteiger partial charge in [-0.1, -0.05) is 57.4 Å². The lowest BCUT2D eigenvalue weighted by Gasteiger charge is -1.99. The summed E-state index contributed by atoms with van der Waals surface area (Å²) < 4.78 is 0. The van der Waals surface area contributed by atoms with E-state index in [1.807, 2.05) is 0 Å². The maximum absolute atomic E-state index is 2.36. The van der Waals surface area contributed by atoms with Crippen LogP contribution in [0.1, 0.15) is 65.7 Å². The van der Waals surface area contributed by atoms with Crippen molar-refractivity contribution in [1.82, 2.24) is 0 Å². The van der Waals surface area contributed by atoms with Crippen LogP contribution in [-0.2, 0) is 0 Å². The van der Waals surface area contributed by atoms with Crippen molar-refractivity contribution in [2.45, 2.75) is 65.7 Å². The molecule has 0 N–H and O–H groups in total. The number of rotatable bonds is 8. The van der Waals surface area contributed by atoms with Crippen molar-refractivity contribution in [1.29, 1.82) is 0 Å². The average molecular weight is 194 g/mol. The van der Waals surface area contributed by atoms with Crippen molar-refractivity contribution in [3.8, 4) is 0 Å². The van der Waals surface area contributed by atoms with Gasteiger partial charge in [0.1, 0.15) is 0 Å². The minimum atomic E-state index is 1.16. The maximum Gasteiger partial charge on any atom is -0.0139 e. The molecule has 0 fully saturated rings. The molecule has 0 amide bonds. The Hall–Kier alpha value is -0.520. The Labute approximate surface area is 90.1 Å². The molecular weight excluding hydrogens is 168 g/mol. The quantitative estimate of drug-likeness (QED) is 0.365. The van der Waals surface area contributed by atoms with Gasteiger partial charge in [-0.25, -0.2) is 0 Å². The summed E-state index contributed by atoms with van der Waals surface area (Å²) in [7, 11) is 0. The standard InChI is InChI=1S/C14H26/c1-4-7-8-9-10-11-13-14(6-3)12-5-2/h10-12H,4-9,13H2,1-3H3. The first-order valence-corrected chi connectivity index (χ1v) is 6.18. The monoisotopic (exact) mass is 194 g/mol. The molecule has 0 saturated heterocycles. The van der Waals surface area contributed by atoms with Gasteiger partial charge < -0.3 is 0 Å². The van der Waals surface area contributed by atoms with Crippen LogP contribution < -0.4 is 0 Å². The van der Waals surface area contributed by atoms with Crippen LogP contribution in [0.25, 0.3) is 0 Å². The van der Waals surface area contributed by atoms with E-state index in [1.54, 1.807) is 5.57 Å². The average Bonchev–Trinajstić information content (AvgIpc) is 2.21. The maximum atomic E-state index is 2.36. The molecule has 82 valence electrons. The Morgan fingerprint density at radius 1 is 1.00 bits per heavy atom. The minimum absolute atomic E-state index is 1.16. The highest BCUT2D eigenvalue weighted by molar-refractivity contribution is 5.06. The molecule has 0 aliphatic carbocycles. The van der Waals surface area contributed by atoms with Gasteiger partial charge in [0.05, 0.1) is 0 Å². The molecule has 0 aromatic rings. The van der Waals surface area contributed by atoms with Gasteiger partial charge in [0.2, 0.25) is 0 Å². The van der Waals surface area contributed by atoms with Crippen LogP contribution in [0.15, 0.2) is 23.8 Å². The van der Waals surface area contributed by atoms with Gasteiger partial charge in [-0.15, -0.1) is 0 Å². The third-order valence-electron chi connectivity index (χ3n) is 2.47. The van der Waals surface area contributed by atoms with Gasteiger partial charge in [0.15, 0.2) is 0 Å². The molecule has 0 rings (SSSR count). The molecule has 0 saturated carbocycles. The normalized spacial score (nSPS) is 12.6. The molecule has 14 heavy (non-hydrogen) atoms.